The van der Waals surface area contributed by atoms with Gasteiger partial charge in [-0.25, -0.2) is 0 Å². The molecule has 1 aliphatic heterocycles. The summed E-state index contributed by atoms with van der Waals surface area (Å²) in [5, 5.41) is 10.4. The fourth-order valence-electron chi connectivity index (χ4n) is 3.53. The molecular weight excluding hydrogens is 292 g/mol. The number of amides is 1. The van der Waals surface area contributed by atoms with Crippen molar-refractivity contribution in [3.63, 3.8) is 0 Å². The van der Waals surface area contributed by atoms with Crippen molar-refractivity contribution in [2.45, 2.75) is 38.6 Å². The van der Waals surface area contributed by atoms with Gasteiger partial charge in [-0.05, 0) is 37.8 Å². The Morgan fingerprint density at radius 1 is 1.35 bits per heavy atom. The van der Waals surface area contributed by atoms with Crippen molar-refractivity contribution in [3.05, 3.63) is 36.0 Å². The number of hydrogen-bond donors (Lipinski definition) is 2. The third-order valence-corrected chi connectivity index (χ3v) is 4.90. The number of aliphatic carboxylic acids is 1. The van der Waals surface area contributed by atoms with Gasteiger partial charge in [0.15, 0.2) is 0 Å². The van der Waals surface area contributed by atoms with Gasteiger partial charge in [0, 0.05) is 36.1 Å². The number of aromatic amines is 1. The molecule has 1 aromatic carbocycles. The van der Waals surface area contributed by atoms with Gasteiger partial charge in [0.2, 0.25) is 5.91 Å². The lowest BCUT2D eigenvalue weighted by Gasteiger charge is -2.23. The van der Waals surface area contributed by atoms with Crippen LogP contribution < -0.4 is 0 Å². The van der Waals surface area contributed by atoms with E-state index in [0.29, 0.717) is 19.4 Å². The van der Waals surface area contributed by atoms with Crippen molar-refractivity contribution >= 4 is 22.8 Å². The molecule has 122 valence electrons. The highest BCUT2D eigenvalue weighted by Gasteiger charge is 2.37. The average Bonchev–Trinajstić information content (AvgIpc) is 3.11. The lowest BCUT2D eigenvalue weighted by molar-refractivity contribution is -0.143. The van der Waals surface area contributed by atoms with Gasteiger partial charge in [-0.1, -0.05) is 18.2 Å². The monoisotopic (exact) mass is 314 g/mol. The van der Waals surface area contributed by atoms with E-state index in [-0.39, 0.29) is 11.9 Å². The Kier molecular flexibility index (Phi) is 4.37. The highest BCUT2D eigenvalue weighted by molar-refractivity contribution is 5.83. The van der Waals surface area contributed by atoms with Crippen LogP contribution in [0.15, 0.2) is 30.5 Å². The highest BCUT2D eigenvalue weighted by Crippen LogP contribution is 2.26. The number of para-hydroxylation sites is 1. The molecule has 0 spiro atoms. The first-order valence-corrected chi connectivity index (χ1v) is 8.15. The number of carboxylic acid groups (broad SMARTS) is 1. The van der Waals surface area contributed by atoms with Crippen LogP contribution in [-0.4, -0.2) is 39.5 Å². The molecule has 2 N–H and O–H groups in total. The van der Waals surface area contributed by atoms with Crippen LogP contribution in [0.25, 0.3) is 10.9 Å². The molecule has 3 rings (SSSR count). The number of likely N-dealkylation sites (tertiary alicyclic amines) is 1. The summed E-state index contributed by atoms with van der Waals surface area (Å²) in [6, 6.07) is 7.95. The normalized spacial score (nSPS) is 21.0. The summed E-state index contributed by atoms with van der Waals surface area (Å²) in [5.74, 6) is -1.15. The first-order valence-electron chi connectivity index (χ1n) is 8.15. The summed E-state index contributed by atoms with van der Waals surface area (Å²) >= 11 is 0. The standard InChI is InChI=1S/C18H22N2O3/c1-12-14(18(22)23)9-10-20(12)17(21)8-4-5-13-11-19-16-7-3-2-6-15(13)16/h2-3,6-7,11-12,14,19H,4-5,8-10H2,1H3,(H,22,23). The van der Waals surface area contributed by atoms with Gasteiger partial charge in [-0.15, -0.1) is 0 Å². The molecule has 0 saturated carbocycles. The van der Waals surface area contributed by atoms with Gasteiger partial charge in [-0.3, -0.25) is 9.59 Å². The number of rotatable bonds is 5. The fraction of sp³-hybridized carbons (Fsp3) is 0.444. The maximum Gasteiger partial charge on any atom is 0.308 e. The molecule has 5 heteroatoms. The van der Waals surface area contributed by atoms with Gasteiger partial charge in [0.25, 0.3) is 0 Å². The first-order chi connectivity index (χ1) is 11.1. The molecule has 2 unspecified atom stereocenters. The van der Waals surface area contributed by atoms with E-state index in [1.54, 1.807) is 4.90 Å². The second kappa shape index (κ2) is 6.44. The Bertz CT molecular complexity index is 722. The molecular formula is C18H22N2O3. The van der Waals surface area contributed by atoms with Crippen molar-refractivity contribution < 1.29 is 14.7 Å². The van der Waals surface area contributed by atoms with Crippen molar-refractivity contribution in [1.29, 1.82) is 0 Å². The quantitative estimate of drug-likeness (QED) is 0.891. The molecule has 1 aromatic heterocycles. The van der Waals surface area contributed by atoms with Crippen LogP contribution >= 0.6 is 0 Å². The molecule has 1 saturated heterocycles. The Labute approximate surface area is 135 Å². The van der Waals surface area contributed by atoms with Gasteiger partial charge >= 0.3 is 5.97 Å². The van der Waals surface area contributed by atoms with Gasteiger partial charge < -0.3 is 15.0 Å². The predicted molar refractivity (Wildman–Crippen MR) is 88.2 cm³/mol. The number of aryl methyl sites for hydroxylation is 1. The van der Waals surface area contributed by atoms with Crippen LogP contribution in [0.1, 0.15) is 31.7 Å². The summed E-state index contributed by atoms with van der Waals surface area (Å²) in [6.07, 6.45) is 4.66. The molecule has 2 atom stereocenters. The summed E-state index contributed by atoms with van der Waals surface area (Å²) in [7, 11) is 0. The number of carboxylic acids is 1. The zero-order valence-electron chi connectivity index (χ0n) is 13.3. The molecule has 1 aliphatic rings. The first kappa shape index (κ1) is 15.6. The van der Waals surface area contributed by atoms with E-state index >= 15 is 0 Å². The largest absolute Gasteiger partial charge is 0.481 e. The number of carbonyl (C=O) groups excluding carboxylic acids is 1. The number of benzene rings is 1. The average molecular weight is 314 g/mol. The van der Waals surface area contributed by atoms with Crippen LogP contribution in [0.5, 0.6) is 0 Å². The Morgan fingerprint density at radius 2 is 2.13 bits per heavy atom. The van der Waals surface area contributed by atoms with E-state index in [1.165, 1.54) is 10.9 Å². The van der Waals surface area contributed by atoms with Gasteiger partial charge in [0.05, 0.1) is 5.92 Å². The second-order valence-electron chi connectivity index (χ2n) is 6.27. The predicted octanol–water partition coefficient (Wildman–Crippen LogP) is 2.81. The number of fused-ring (bicyclic) bond motifs is 1. The van der Waals surface area contributed by atoms with Gasteiger partial charge in [-0.2, -0.15) is 0 Å². The Hall–Kier alpha value is -2.30. The van der Waals surface area contributed by atoms with Crippen molar-refractivity contribution in [3.8, 4) is 0 Å². The molecule has 1 amide bonds. The second-order valence-corrected chi connectivity index (χ2v) is 6.27. The van der Waals surface area contributed by atoms with Crippen LogP contribution in [0.2, 0.25) is 0 Å². The smallest absolute Gasteiger partial charge is 0.308 e. The number of hydrogen-bond acceptors (Lipinski definition) is 2. The van der Waals surface area contributed by atoms with E-state index in [9.17, 15) is 9.59 Å². The van der Waals surface area contributed by atoms with Crippen molar-refractivity contribution in [1.82, 2.24) is 9.88 Å². The lowest BCUT2D eigenvalue weighted by Crippen LogP contribution is -2.37. The number of H-pyrrole nitrogens is 1. The minimum Gasteiger partial charge on any atom is -0.481 e. The lowest BCUT2D eigenvalue weighted by atomic mass is 10.0. The van der Waals surface area contributed by atoms with Crippen molar-refractivity contribution in [2.75, 3.05) is 6.54 Å². The Balaban J connectivity index is 1.55. The summed E-state index contributed by atoms with van der Waals surface area (Å²) < 4.78 is 0. The molecule has 0 radical (unpaired) electrons. The number of nitrogens with zero attached hydrogens (tertiary/aromatic N) is 1. The molecule has 5 nitrogen and oxygen atoms in total. The highest BCUT2D eigenvalue weighted by atomic mass is 16.4. The van der Waals surface area contributed by atoms with E-state index in [0.717, 1.165) is 18.4 Å². The van der Waals surface area contributed by atoms with Gasteiger partial charge in [0.1, 0.15) is 0 Å². The molecule has 2 heterocycles. The zero-order valence-corrected chi connectivity index (χ0v) is 13.3. The molecule has 2 aromatic rings. The van der Waals surface area contributed by atoms with Crippen LogP contribution in [-0.2, 0) is 16.0 Å². The molecule has 23 heavy (non-hydrogen) atoms. The maximum atomic E-state index is 12.3. The third-order valence-electron chi connectivity index (χ3n) is 4.90. The van der Waals surface area contributed by atoms with E-state index in [2.05, 4.69) is 11.1 Å². The SMILES string of the molecule is CC1C(C(=O)O)CCN1C(=O)CCCc1c[nH]c2ccccc12. The van der Waals surface area contributed by atoms with Crippen LogP contribution in [0, 0.1) is 5.92 Å². The molecule has 1 fully saturated rings. The van der Waals surface area contributed by atoms with Crippen LogP contribution in [0.4, 0.5) is 0 Å². The molecule has 0 aliphatic carbocycles. The Morgan fingerprint density at radius 3 is 2.87 bits per heavy atom. The van der Waals surface area contributed by atoms with E-state index in [4.69, 9.17) is 5.11 Å². The minimum atomic E-state index is -0.799. The topological polar surface area (TPSA) is 73.4 Å². The number of carbonyl (C=O) groups is 2. The number of nitrogens with one attached hydrogen (secondary N) is 1. The van der Waals surface area contributed by atoms with E-state index < -0.39 is 11.9 Å². The summed E-state index contributed by atoms with van der Waals surface area (Å²) in [4.78, 5) is 28.5. The summed E-state index contributed by atoms with van der Waals surface area (Å²) in [5.41, 5.74) is 2.34. The van der Waals surface area contributed by atoms with Crippen molar-refractivity contribution in [2.24, 2.45) is 5.92 Å². The third kappa shape index (κ3) is 3.09. The van der Waals surface area contributed by atoms with Crippen LogP contribution in [0.3, 0.4) is 0 Å². The summed E-state index contributed by atoms with van der Waals surface area (Å²) in [6.45, 7) is 2.40. The zero-order chi connectivity index (χ0) is 16.4. The van der Waals surface area contributed by atoms with E-state index in [1.807, 2.05) is 31.3 Å². The fourth-order valence-corrected chi connectivity index (χ4v) is 3.53. The minimum absolute atomic E-state index is 0.0705. The number of aromatic nitrogens is 1. The maximum absolute atomic E-state index is 12.3. The molecule has 0 bridgehead atoms.